The van der Waals surface area contributed by atoms with Crippen molar-refractivity contribution in [2.24, 2.45) is 11.5 Å². The van der Waals surface area contributed by atoms with Gasteiger partial charge in [0.2, 0.25) is 0 Å². The van der Waals surface area contributed by atoms with Crippen molar-refractivity contribution >= 4 is 0 Å². The van der Waals surface area contributed by atoms with Crippen LogP contribution in [0.3, 0.4) is 0 Å². The molecule has 0 aliphatic rings. The molecular weight excluding hydrogens is 333 g/mol. The number of aliphatic hydroxyl groups is 2. The van der Waals surface area contributed by atoms with Gasteiger partial charge in [-0.15, -0.1) is 0 Å². The van der Waals surface area contributed by atoms with Gasteiger partial charge in [-0.1, -0.05) is 42.5 Å². The minimum Gasteiger partial charge on any atom is -0.395 e. The molecular formula is C18H21F3N2O2. The van der Waals surface area contributed by atoms with Gasteiger partial charge < -0.3 is 21.7 Å². The molecule has 2 aromatic carbocycles. The van der Waals surface area contributed by atoms with E-state index in [0.717, 1.165) is 12.1 Å². The van der Waals surface area contributed by atoms with E-state index >= 15 is 0 Å². The Bertz CT molecular complexity index is 694. The summed E-state index contributed by atoms with van der Waals surface area (Å²) < 4.78 is 38.6. The topological polar surface area (TPSA) is 92.5 Å². The summed E-state index contributed by atoms with van der Waals surface area (Å²) in [5.74, 6) is 0. The molecule has 0 aliphatic heterocycles. The second-order valence-electron chi connectivity index (χ2n) is 6.01. The number of alkyl halides is 3. The van der Waals surface area contributed by atoms with Crippen LogP contribution in [0.1, 0.15) is 29.2 Å². The number of hydrogen-bond donors (Lipinski definition) is 4. The minimum absolute atomic E-state index is 0.139. The summed E-state index contributed by atoms with van der Waals surface area (Å²) >= 11 is 0. The van der Waals surface area contributed by atoms with Gasteiger partial charge in [-0.05, 0) is 23.3 Å². The molecule has 1 unspecified atom stereocenters. The first kappa shape index (κ1) is 19.4. The van der Waals surface area contributed by atoms with Gasteiger partial charge in [-0.3, -0.25) is 0 Å². The predicted molar refractivity (Wildman–Crippen MR) is 88.4 cm³/mol. The molecule has 0 bridgehead atoms. The maximum Gasteiger partial charge on any atom is 0.416 e. The van der Waals surface area contributed by atoms with Crippen molar-refractivity contribution in [1.82, 2.24) is 0 Å². The van der Waals surface area contributed by atoms with Gasteiger partial charge in [0.05, 0.1) is 18.2 Å². The fourth-order valence-corrected chi connectivity index (χ4v) is 2.76. The molecule has 25 heavy (non-hydrogen) atoms. The van der Waals surface area contributed by atoms with E-state index in [1.54, 1.807) is 30.3 Å². The summed E-state index contributed by atoms with van der Waals surface area (Å²) in [6.07, 6.45) is -4.62. The van der Waals surface area contributed by atoms with Crippen molar-refractivity contribution in [2.45, 2.75) is 30.3 Å². The zero-order chi connectivity index (χ0) is 18.7. The second-order valence-corrected chi connectivity index (χ2v) is 6.01. The van der Waals surface area contributed by atoms with Gasteiger partial charge in [0, 0.05) is 12.5 Å². The van der Waals surface area contributed by atoms with E-state index in [4.69, 9.17) is 11.5 Å². The lowest BCUT2D eigenvalue weighted by Gasteiger charge is -2.36. The summed E-state index contributed by atoms with van der Waals surface area (Å²) in [6, 6.07) is 11.1. The van der Waals surface area contributed by atoms with Crippen LogP contribution in [0.25, 0.3) is 0 Å². The highest BCUT2D eigenvalue weighted by Gasteiger charge is 2.38. The molecule has 0 saturated carbocycles. The average molecular weight is 354 g/mol. The van der Waals surface area contributed by atoms with Crippen LogP contribution in [-0.2, 0) is 11.8 Å². The lowest BCUT2D eigenvalue weighted by Crippen LogP contribution is -2.49. The van der Waals surface area contributed by atoms with Gasteiger partial charge in [-0.2, -0.15) is 13.2 Å². The first-order chi connectivity index (χ1) is 11.7. The van der Waals surface area contributed by atoms with Crippen LogP contribution in [0.5, 0.6) is 0 Å². The van der Waals surface area contributed by atoms with Gasteiger partial charge in [0.15, 0.2) is 0 Å². The highest BCUT2D eigenvalue weighted by molar-refractivity contribution is 5.30. The summed E-state index contributed by atoms with van der Waals surface area (Å²) in [7, 11) is 0. The van der Waals surface area contributed by atoms with Crippen LogP contribution < -0.4 is 11.5 Å². The molecule has 4 nitrogen and oxygen atoms in total. The fraction of sp³-hybridized carbons (Fsp3) is 0.333. The Kier molecular flexibility index (Phi) is 5.84. The van der Waals surface area contributed by atoms with Gasteiger partial charge in [0.25, 0.3) is 0 Å². The first-order valence-electron chi connectivity index (χ1n) is 7.75. The molecule has 0 fully saturated rings. The largest absolute Gasteiger partial charge is 0.416 e. The van der Waals surface area contributed by atoms with E-state index in [-0.39, 0.29) is 12.0 Å². The highest BCUT2D eigenvalue weighted by Crippen LogP contribution is 2.35. The number of halogens is 3. The van der Waals surface area contributed by atoms with E-state index in [9.17, 15) is 23.4 Å². The van der Waals surface area contributed by atoms with Crippen molar-refractivity contribution in [3.05, 3.63) is 71.3 Å². The van der Waals surface area contributed by atoms with E-state index in [1.807, 2.05) is 0 Å². The lowest BCUT2D eigenvalue weighted by molar-refractivity contribution is -0.137. The van der Waals surface area contributed by atoms with Crippen LogP contribution in [-0.4, -0.2) is 22.9 Å². The molecule has 2 rings (SSSR count). The van der Waals surface area contributed by atoms with Crippen LogP contribution in [0.15, 0.2) is 54.6 Å². The Balaban J connectivity index is 2.34. The molecule has 3 atom stereocenters. The molecule has 0 spiro atoms. The molecule has 136 valence electrons. The summed E-state index contributed by atoms with van der Waals surface area (Å²) in [4.78, 5) is 0. The molecule has 0 aromatic heterocycles. The second kappa shape index (κ2) is 7.53. The standard InChI is InChI=1S/C18H21F3N2O2/c19-18(20,21)14-8-4-5-12(9-14)15(22)10-17(25,16(23)11-24)13-6-2-1-3-7-13/h1-9,15-16,24-25H,10-11,22-23H2/t15-,16-,17?/m1/s1. The number of nitrogens with two attached hydrogens (primary N) is 2. The average Bonchev–Trinajstić information content (AvgIpc) is 2.61. The minimum atomic E-state index is -4.48. The maximum atomic E-state index is 12.9. The number of hydrogen-bond acceptors (Lipinski definition) is 4. The molecule has 0 radical (unpaired) electrons. The third-order valence-electron chi connectivity index (χ3n) is 4.26. The van der Waals surface area contributed by atoms with Crippen molar-refractivity contribution in [2.75, 3.05) is 6.61 Å². The number of aliphatic hydroxyl groups excluding tert-OH is 1. The lowest BCUT2D eigenvalue weighted by atomic mass is 9.80. The monoisotopic (exact) mass is 354 g/mol. The van der Waals surface area contributed by atoms with E-state index in [2.05, 4.69) is 0 Å². The van der Waals surface area contributed by atoms with Gasteiger partial charge >= 0.3 is 6.18 Å². The molecule has 0 saturated heterocycles. The van der Waals surface area contributed by atoms with Gasteiger partial charge in [-0.25, -0.2) is 0 Å². The van der Waals surface area contributed by atoms with Crippen molar-refractivity contribution in [1.29, 1.82) is 0 Å². The third kappa shape index (κ3) is 4.38. The molecule has 0 amide bonds. The SMILES string of the molecule is N[C@H](CC(O)(c1ccccc1)[C@H](N)CO)c1cccc(C(F)(F)F)c1. The highest BCUT2D eigenvalue weighted by atomic mass is 19.4. The molecule has 2 aromatic rings. The van der Waals surface area contributed by atoms with E-state index in [1.165, 1.54) is 12.1 Å². The Hall–Kier alpha value is -1.93. The quantitative estimate of drug-likeness (QED) is 0.640. The fourth-order valence-electron chi connectivity index (χ4n) is 2.76. The Morgan fingerprint density at radius 2 is 1.52 bits per heavy atom. The maximum absolute atomic E-state index is 12.9. The van der Waals surface area contributed by atoms with Crippen LogP contribution in [0.4, 0.5) is 13.2 Å². The predicted octanol–water partition coefficient (Wildman–Crippen LogP) is 2.30. The molecule has 0 aliphatic carbocycles. The third-order valence-corrected chi connectivity index (χ3v) is 4.26. The van der Waals surface area contributed by atoms with Crippen molar-refractivity contribution in [3.63, 3.8) is 0 Å². The zero-order valence-corrected chi connectivity index (χ0v) is 13.4. The van der Waals surface area contributed by atoms with Gasteiger partial charge in [0.1, 0.15) is 5.60 Å². The Labute approximate surface area is 143 Å². The van der Waals surface area contributed by atoms with Crippen LogP contribution in [0, 0.1) is 0 Å². The zero-order valence-electron chi connectivity index (χ0n) is 13.4. The summed E-state index contributed by atoms with van der Waals surface area (Å²) in [6.45, 7) is -0.499. The van der Waals surface area contributed by atoms with Crippen LogP contribution >= 0.6 is 0 Å². The smallest absolute Gasteiger partial charge is 0.395 e. The van der Waals surface area contributed by atoms with E-state index < -0.39 is 36.0 Å². The normalized spacial score (nSPS) is 16.9. The van der Waals surface area contributed by atoms with Crippen LogP contribution in [0.2, 0.25) is 0 Å². The Morgan fingerprint density at radius 1 is 0.920 bits per heavy atom. The Morgan fingerprint density at radius 3 is 2.08 bits per heavy atom. The van der Waals surface area contributed by atoms with Crippen molar-refractivity contribution < 1.29 is 23.4 Å². The first-order valence-corrected chi connectivity index (χ1v) is 7.75. The van der Waals surface area contributed by atoms with Crippen molar-refractivity contribution in [3.8, 4) is 0 Å². The van der Waals surface area contributed by atoms with E-state index in [0.29, 0.717) is 5.56 Å². The molecule has 0 heterocycles. The molecule has 7 heteroatoms. The molecule has 6 N–H and O–H groups in total. The number of rotatable bonds is 6. The summed E-state index contributed by atoms with van der Waals surface area (Å²) in [5.41, 5.74) is 10.1. The summed E-state index contributed by atoms with van der Waals surface area (Å²) in [5, 5.41) is 20.4. The number of benzene rings is 2.